The molecule has 0 N–H and O–H groups in total. The van der Waals surface area contributed by atoms with Gasteiger partial charge in [-0.25, -0.2) is 4.98 Å². The zero-order chi connectivity index (χ0) is 17.4. The van der Waals surface area contributed by atoms with Crippen molar-refractivity contribution in [2.45, 2.75) is 25.3 Å². The Bertz CT molecular complexity index is 866. The highest BCUT2D eigenvalue weighted by Gasteiger charge is 2.32. The number of hydrogen-bond acceptors (Lipinski definition) is 6. The largest absolute Gasteiger partial charge is 0.423 e. The number of rotatable bonds is 4. The van der Waals surface area contributed by atoms with Gasteiger partial charge >= 0.3 is 0 Å². The molecule has 7 heteroatoms. The van der Waals surface area contributed by atoms with Crippen molar-refractivity contribution in [2.24, 2.45) is 7.05 Å². The Morgan fingerprint density at radius 3 is 2.72 bits per heavy atom. The van der Waals surface area contributed by atoms with Crippen molar-refractivity contribution in [1.82, 2.24) is 14.5 Å². The van der Waals surface area contributed by atoms with E-state index in [-0.39, 0.29) is 5.56 Å². The second-order valence-electron chi connectivity index (χ2n) is 6.84. The van der Waals surface area contributed by atoms with E-state index in [0.717, 1.165) is 51.1 Å². The monoisotopic (exact) mass is 339 g/mol. The third kappa shape index (κ3) is 3.30. The lowest BCUT2D eigenvalue weighted by atomic mass is 10.2. The van der Waals surface area contributed by atoms with Crippen molar-refractivity contribution < 1.29 is 4.42 Å². The van der Waals surface area contributed by atoms with Crippen LogP contribution in [0.5, 0.6) is 0 Å². The van der Waals surface area contributed by atoms with Gasteiger partial charge in [-0.3, -0.25) is 9.69 Å². The van der Waals surface area contributed by atoms with E-state index < -0.39 is 0 Å². The van der Waals surface area contributed by atoms with Crippen LogP contribution in [0.1, 0.15) is 35.9 Å². The van der Waals surface area contributed by atoms with Gasteiger partial charge in [-0.2, -0.15) is 5.26 Å². The number of anilines is 1. The van der Waals surface area contributed by atoms with Crippen molar-refractivity contribution in [1.29, 1.82) is 5.26 Å². The lowest BCUT2D eigenvalue weighted by molar-refractivity contribution is 0.245. The Balaban J connectivity index is 1.40. The zero-order valence-electron chi connectivity index (χ0n) is 14.3. The highest BCUT2D eigenvalue weighted by molar-refractivity contribution is 5.48. The summed E-state index contributed by atoms with van der Waals surface area (Å²) in [7, 11) is 1.75. The van der Waals surface area contributed by atoms with Gasteiger partial charge in [-0.15, -0.1) is 0 Å². The second kappa shape index (κ2) is 6.37. The molecule has 3 heterocycles. The standard InChI is InChI=1S/C18H21N5O2/c1-21-5-4-13(10-16(21)24)12-22-6-8-23(9-7-22)18-15(11-19)20-17(25-18)14-2-3-14/h4-5,10,14H,2-3,6-9,12H2,1H3. The molecule has 4 rings (SSSR count). The smallest absolute Gasteiger partial charge is 0.250 e. The molecule has 0 atom stereocenters. The van der Waals surface area contributed by atoms with Crippen LogP contribution in [0, 0.1) is 11.3 Å². The van der Waals surface area contributed by atoms with E-state index in [1.165, 1.54) is 0 Å². The van der Waals surface area contributed by atoms with Gasteiger partial charge in [-0.05, 0) is 24.5 Å². The first kappa shape index (κ1) is 15.9. The van der Waals surface area contributed by atoms with Crippen LogP contribution in [-0.2, 0) is 13.6 Å². The number of hydrogen-bond donors (Lipinski definition) is 0. The van der Waals surface area contributed by atoms with Gasteiger partial charge in [-0.1, -0.05) is 0 Å². The molecule has 25 heavy (non-hydrogen) atoms. The molecule has 1 aliphatic carbocycles. The molecule has 2 aliphatic rings. The summed E-state index contributed by atoms with van der Waals surface area (Å²) in [5, 5.41) is 9.32. The van der Waals surface area contributed by atoms with Crippen LogP contribution < -0.4 is 10.5 Å². The summed E-state index contributed by atoms with van der Waals surface area (Å²) in [4.78, 5) is 20.5. The summed E-state index contributed by atoms with van der Waals surface area (Å²) < 4.78 is 7.46. The number of piperazine rings is 1. The summed E-state index contributed by atoms with van der Waals surface area (Å²) in [6.07, 6.45) is 4.02. The normalized spacial score (nSPS) is 18.3. The van der Waals surface area contributed by atoms with Gasteiger partial charge in [0.1, 0.15) is 6.07 Å². The predicted molar refractivity (Wildman–Crippen MR) is 92.4 cm³/mol. The quantitative estimate of drug-likeness (QED) is 0.839. The van der Waals surface area contributed by atoms with Crippen LogP contribution in [0.15, 0.2) is 27.5 Å². The first-order chi connectivity index (χ1) is 12.1. The number of aryl methyl sites for hydroxylation is 1. The fourth-order valence-electron chi connectivity index (χ4n) is 3.18. The Morgan fingerprint density at radius 2 is 2.08 bits per heavy atom. The molecular formula is C18H21N5O2. The van der Waals surface area contributed by atoms with E-state index in [1.54, 1.807) is 23.9 Å². The molecule has 0 radical (unpaired) electrons. The average Bonchev–Trinajstić information content (AvgIpc) is 3.38. The van der Waals surface area contributed by atoms with Crippen molar-refractivity contribution in [3.63, 3.8) is 0 Å². The maximum absolute atomic E-state index is 11.7. The number of oxazole rings is 1. The fourth-order valence-corrected chi connectivity index (χ4v) is 3.18. The zero-order valence-corrected chi connectivity index (χ0v) is 14.3. The van der Waals surface area contributed by atoms with Crippen LogP contribution in [0.25, 0.3) is 0 Å². The molecule has 0 bridgehead atoms. The van der Waals surface area contributed by atoms with Gasteiger partial charge in [0.05, 0.1) is 0 Å². The van der Waals surface area contributed by atoms with Gasteiger partial charge in [0.2, 0.25) is 17.5 Å². The van der Waals surface area contributed by atoms with E-state index in [4.69, 9.17) is 4.42 Å². The summed E-state index contributed by atoms with van der Waals surface area (Å²) in [5.74, 6) is 1.74. The van der Waals surface area contributed by atoms with Crippen LogP contribution in [0.4, 0.5) is 5.88 Å². The molecule has 2 fully saturated rings. The van der Waals surface area contributed by atoms with Crippen LogP contribution in [0.3, 0.4) is 0 Å². The van der Waals surface area contributed by atoms with E-state index >= 15 is 0 Å². The molecular weight excluding hydrogens is 318 g/mol. The van der Waals surface area contributed by atoms with E-state index in [2.05, 4.69) is 20.9 Å². The van der Waals surface area contributed by atoms with Crippen LogP contribution in [-0.4, -0.2) is 40.6 Å². The predicted octanol–water partition coefficient (Wildman–Crippen LogP) is 1.44. The Morgan fingerprint density at radius 1 is 1.32 bits per heavy atom. The number of pyridine rings is 1. The SMILES string of the molecule is Cn1ccc(CN2CCN(c3oc(C4CC4)nc3C#N)CC2)cc1=O. The highest BCUT2D eigenvalue weighted by Crippen LogP contribution is 2.41. The molecule has 2 aromatic heterocycles. The summed E-state index contributed by atoms with van der Waals surface area (Å²) in [6, 6.07) is 5.84. The summed E-state index contributed by atoms with van der Waals surface area (Å²) in [6.45, 7) is 4.06. The number of aromatic nitrogens is 2. The molecule has 2 aromatic rings. The average molecular weight is 339 g/mol. The van der Waals surface area contributed by atoms with Gasteiger partial charge in [0, 0.05) is 58.0 Å². The molecule has 0 spiro atoms. The van der Waals surface area contributed by atoms with Crippen LogP contribution in [0.2, 0.25) is 0 Å². The van der Waals surface area contributed by atoms with Gasteiger partial charge < -0.3 is 13.9 Å². The second-order valence-corrected chi connectivity index (χ2v) is 6.84. The molecule has 0 unspecified atom stereocenters. The van der Waals surface area contributed by atoms with Crippen molar-refractivity contribution in [3.05, 3.63) is 45.8 Å². The van der Waals surface area contributed by atoms with E-state index in [0.29, 0.717) is 23.4 Å². The molecule has 1 saturated carbocycles. The van der Waals surface area contributed by atoms with Crippen molar-refractivity contribution in [3.8, 4) is 6.07 Å². The minimum absolute atomic E-state index is 0.0177. The lowest BCUT2D eigenvalue weighted by Crippen LogP contribution is -2.46. The molecule has 1 aliphatic heterocycles. The van der Waals surface area contributed by atoms with Gasteiger partial charge in [0.15, 0.2) is 0 Å². The summed E-state index contributed by atoms with van der Waals surface area (Å²) >= 11 is 0. The Hall–Kier alpha value is -2.59. The highest BCUT2D eigenvalue weighted by atomic mass is 16.4. The molecule has 7 nitrogen and oxygen atoms in total. The maximum atomic E-state index is 11.7. The Kier molecular flexibility index (Phi) is 4.06. The number of nitriles is 1. The topological polar surface area (TPSA) is 78.3 Å². The summed E-state index contributed by atoms with van der Waals surface area (Å²) in [5.41, 5.74) is 1.45. The third-order valence-corrected chi connectivity index (χ3v) is 4.89. The molecule has 1 saturated heterocycles. The molecule has 130 valence electrons. The molecule has 0 aromatic carbocycles. The first-order valence-corrected chi connectivity index (χ1v) is 8.68. The van der Waals surface area contributed by atoms with Crippen molar-refractivity contribution in [2.75, 3.05) is 31.1 Å². The minimum Gasteiger partial charge on any atom is -0.423 e. The van der Waals surface area contributed by atoms with Gasteiger partial charge in [0.25, 0.3) is 5.56 Å². The fraction of sp³-hybridized carbons (Fsp3) is 0.500. The third-order valence-electron chi connectivity index (χ3n) is 4.89. The minimum atomic E-state index is 0.0177. The Labute approximate surface area is 146 Å². The number of nitrogens with zero attached hydrogens (tertiary/aromatic N) is 5. The van der Waals surface area contributed by atoms with Crippen molar-refractivity contribution >= 4 is 5.88 Å². The lowest BCUT2D eigenvalue weighted by Gasteiger charge is -2.34. The molecule has 0 amide bonds. The van der Waals surface area contributed by atoms with E-state index in [9.17, 15) is 10.1 Å². The first-order valence-electron chi connectivity index (χ1n) is 8.68. The van der Waals surface area contributed by atoms with Crippen LogP contribution >= 0.6 is 0 Å². The maximum Gasteiger partial charge on any atom is 0.250 e. The van der Waals surface area contributed by atoms with E-state index in [1.807, 2.05) is 6.07 Å².